The van der Waals surface area contributed by atoms with E-state index >= 15 is 0 Å². The van der Waals surface area contributed by atoms with Crippen molar-refractivity contribution in [3.8, 4) is 0 Å². The normalized spacial score (nSPS) is 13.3. The van der Waals surface area contributed by atoms with Crippen molar-refractivity contribution >= 4 is 17.9 Å². The average molecular weight is 1130 g/mol. The summed E-state index contributed by atoms with van der Waals surface area (Å²) in [6.45, 7) is 6.34. The van der Waals surface area contributed by atoms with E-state index in [1.54, 1.807) is 0 Å². The summed E-state index contributed by atoms with van der Waals surface area (Å²) in [5.74, 6) is -1.01. The lowest BCUT2D eigenvalue weighted by Crippen LogP contribution is -2.30. The lowest BCUT2D eigenvalue weighted by atomic mass is 10.1. The summed E-state index contributed by atoms with van der Waals surface area (Å²) in [5, 5.41) is 0. The molecule has 0 aromatic carbocycles. The molecule has 0 heterocycles. The fourth-order valence-corrected chi connectivity index (χ4v) is 8.55. The number of hydrogen-bond acceptors (Lipinski definition) is 6. The topological polar surface area (TPSA) is 78.9 Å². The highest BCUT2D eigenvalue weighted by atomic mass is 16.6. The van der Waals surface area contributed by atoms with Gasteiger partial charge in [0.1, 0.15) is 13.2 Å². The lowest BCUT2D eigenvalue weighted by molar-refractivity contribution is -0.167. The van der Waals surface area contributed by atoms with E-state index in [9.17, 15) is 14.4 Å². The van der Waals surface area contributed by atoms with Crippen molar-refractivity contribution in [1.29, 1.82) is 0 Å². The Labute approximate surface area is 504 Å². The Morgan fingerprint density at radius 3 is 0.805 bits per heavy atom. The van der Waals surface area contributed by atoms with E-state index in [-0.39, 0.29) is 37.5 Å². The predicted octanol–water partition coefficient (Wildman–Crippen LogP) is 23.0. The van der Waals surface area contributed by atoms with E-state index < -0.39 is 6.10 Å². The summed E-state index contributed by atoms with van der Waals surface area (Å²) in [5.41, 5.74) is 0. The van der Waals surface area contributed by atoms with Crippen LogP contribution in [0.15, 0.2) is 170 Å². The molecule has 0 aromatic heterocycles. The molecule has 0 aliphatic carbocycles. The van der Waals surface area contributed by atoms with Crippen LogP contribution in [0.5, 0.6) is 0 Å². The minimum Gasteiger partial charge on any atom is -0.462 e. The van der Waals surface area contributed by atoms with E-state index in [0.29, 0.717) is 19.3 Å². The van der Waals surface area contributed by atoms with Crippen molar-refractivity contribution < 1.29 is 28.6 Å². The van der Waals surface area contributed by atoms with Gasteiger partial charge in [0.25, 0.3) is 0 Å². The number of allylic oxidation sites excluding steroid dienone is 28. The standard InChI is InChI=1S/C76H120O6/c1-4-7-10-13-16-19-22-25-28-31-33-34-35-36-37-38-39-40-41-42-43-46-48-51-54-57-60-63-66-69-75(78)81-72-73(71-80-74(77)68-65-62-59-56-53-50-47-44-30-27-24-21-18-15-12-9-6-3)82-76(79)70-67-64-61-58-55-52-49-45-32-29-26-23-20-17-14-11-8-5-2/h7,9-10,12,16,18-19,21,25,27-30,32-34,36-37,39-40,42-43,47-48,50-51,56,59,73H,4-6,8,11,13-15,17,20,22-24,26,31,35,38,41,44-46,49,52-55,57-58,60-72H2,1-3H3/b10-7-,12-9-,19-16-,21-18-,28-25-,30-27-,32-29-,34-33-,37-36-,40-39-,43-42-,50-47-,51-48-,59-56-. The first-order chi connectivity index (χ1) is 40.5. The molecule has 0 saturated heterocycles. The third kappa shape index (κ3) is 65.6. The van der Waals surface area contributed by atoms with Crippen LogP contribution in [0, 0.1) is 0 Å². The smallest absolute Gasteiger partial charge is 0.306 e. The molecular formula is C76H120O6. The molecule has 1 unspecified atom stereocenters. The predicted molar refractivity (Wildman–Crippen MR) is 357 cm³/mol. The number of carbonyl (C=O) groups is 3. The van der Waals surface area contributed by atoms with E-state index in [1.165, 1.54) is 83.5 Å². The second-order valence-electron chi connectivity index (χ2n) is 21.3. The number of hydrogen-bond donors (Lipinski definition) is 0. The first kappa shape index (κ1) is 76.8. The van der Waals surface area contributed by atoms with Gasteiger partial charge in [0, 0.05) is 19.3 Å². The number of esters is 3. The molecule has 0 radical (unpaired) electrons. The number of rotatable bonds is 58. The highest BCUT2D eigenvalue weighted by Crippen LogP contribution is 2.14. The van der Waals surface area contributed by atoms with E-state index in [0.717, 1.165) is 141 Å². The lowest BCUT2D eigenvalue weighted by Gasteiger charge is -2.18. The summed E-state index contributed by atoms with van der Waals surface area (Å²) in [4.78, 5) is 38.4. The van der Waals surface area contributed by atoms with Crippen LogP contribution in [-0.2, 0) is 28.6 Å². The Hall–Kier alpha value is -5.23. The van der Waals surface area contributed by atoms with Crippen molar-refractivity contribution in [1.82, 2.24) is 0 Å². The van der Waals surface area contributed by atoms with Crippen molar-refractivity contribution in [2.75, 3.05) is 13.2 Å². The van der Waals surface area contributed by atoms with E-state index in [4.69, 9.17) is 14.2 Å². The third-order valence-corrected chi connectivity index (χ3v) is 13.4. The summed E-state index contributed by atoms with van der Waals surface area (Å²) in [6, 6.07) is 0. The highest BCUT2D eigenvalue weighted by Gasteiger charge is 2.19. The van der Waals surface area contributed by atoms with Crippen molar-refractivity contribution in [3.05, 3.63) is 170 Å². The van der Waals surface area contributed by atoms with Gasteiger partial charge in [0.15, 0.2) is 6.10 Å². The molecule has 0 fully saturated rings. The Bertz CT molecular complexity index is 1870. The fourth-order valence-electron chi connectivity index (χ4n) is 8.55. The summed E-state index contributed by atoms with van der Waals surface area (Å²) < 4.78 is 16.9. The van der Waals surface area contributed by atoms with Crippen LogP contribution in [0.4, 0.5) is 0 Å². The Kier molecular flexibility index (Phi) is 63.9. The van der Waals surface area contributed by atoms with Gasteiger partial charge in [0.05, 0.1) is 0 Å². The molecular weight excluding hydrogens is 1010 g/mol. The van der Waals surface area contributed by atoms with Crippen LogP contribution in [0.1, 0.15) is 271 Å². The van der Waals surface area contributed by atoms with Crippen LogP contribution in [0.3, 0.4) is 0 Å². The Morgan fingerprint density at radius 2 is 0.488 bits per heavy atom. The SMILES string of the molecule is CC/C=C\C/C=C\C/C=C\C/C=C\C/C=C\C/C=C\C/C=C\C/C=C\CCCCCCC(=O)OCC(COC(=O)CCC/C=C\C/C=C\C/C=C\C/C=C\C/C=C\CC)OC(=O)CCCCCCCCC/C=C\CCCCCCCCC. The van der Waals surface area contributed by atoms with Crippen LogP contribution in [0.25, 0.3) is 0 Å². The second-order valence-corrected chi connectivity index (χ2v) is 21.3. The van der Waals surface area contributed by atoms with Gasteiger partial charge < -0.3 is 14.2 Å². The molecule has 0 amide bonds. The van der Waals surface area contributed by atoms with Gasteiger partial charge >= 0.3 is 17.9 Å². The zero-order valence-electron chi connectivity index (χ0n) is 52.7. The number of unbranched alkanes of at least 4 members (excludes halogenated alkanes) is 19. The third-order valence-electron chi connectivity index (χ3n) is 13.4. The van der Waals surface area contributed by atoms with Gasteiger partial charge in [-0.1, -0.05) is 274 Å². The molecule has 0 N–H and O–H groups in total. The minimum atomic E-state index is -0.825. The quantitative estimate of drug-likeness (QED) is 0.0261. The first-order valence-corrected chi connectivity index (χ1v) is 33.1. The number of ether oxygens (including phenoxy) is 3. The molecule has 0 spiro atoms. The molecule has 0 aliphatic rings. The molecule has 0 rings (SSSR count). The van der Waals surface area contributed by atoms with Gasteiger partial charge in [-0.3, -0.25) is 14.4 Å². The Morgan fingerprint density at radius 1 is 0.256 bits per heavy atom. The second kappa shape index (κ2) is 68.3. The van der Waals surface area contributed by atoms with Gasteiger partial charge in [0.2, 0.25) is 0 Å². The van der Waals surface area contributed by atoms with Crippen LogP contribution >= 0.6 is 0 Å². The number of carbonyl (C=O) groups excluding carboxylic acids is 3. The molecule has 0 bridgehead atoms. The van der Waals surface area contributed by atoms with Gasteiger partial charge in [-0.25, -0.2) is 0 Å². The zero-order chi connectivity index (χ0) is 59.2. The molecule has 6 heteroatoms. The largest absolute Gasteiger partial charge is 0.462 e. The van der Waals surface area contributed by atoms with Crippen molar-refractivity contribution in [3.63, 3.8) is 0 Å². The van der Waals surface area contributed by atoms with Crippen LogP contribution < -0.4 is 0 Å². The molecule has 1 atom stereocenters. The maximum Gasteiger partial charge on any atom is 0.306 e. The van der Waals surface area contributed by atoms with E-state index in [1.807, 2.05) is 0 Å². The molecule has 0 aliphatic heterocycles. The summed E-state index contributed by atoms with van der Waals surface area (Å²) in [6.07, 6.45) is 101. The maximum absolute atomic E-state index is 12.9. The monoisotopic (exact) mass is 1130 g/mol. The van der Waals surface area contributed by atoms with E-state index in [2.05, 4.69) is 191 Å². The van der Waals surface area contributed by atoms with Crippen molar-refractivity contribution in [2.45, 2.75) is 277 Å². The fraction of sp³-hybridized carbons (Fsp3) is 0.592. The van der Waals surface area contributed by atoms with Gasteiger partial charge in [-0.15, -0.1) is 0 Å². The first-order valence-electron chi connectivity index (χ1n) is 33.1. The minimum absolute atomic E-state index is 0.118. The molecule has 0 saturated carbocycles. The molecule has 82 heavy (non-hydrogen) atoms. The summed E-state index contributed by atoms with van der Waals surface area (Å²) in [7, 11) is 0. The molecule has 0 aromatic rings. The van der Waals surface area contributed by atoms with Gasteiger partial charge in [-0.05, 0) is 148 Å². The van der Waals surface area contributed by atoms with Crippen LogP contribution in [-0.4, -0.2) is 37.2 Å². The Balaban J connectivity index is 4.50. The maximum atomic E-state index is 12.9. The zero-order valence-corrected chi connectivity index (χ0v) is 52.7. The molecule has 6 nitrogen and oxygen atoms in total. The van der Waals surface area contributed by atoms with Crippen molar-refractivity contribution in [2.24, 2.45) is 0 Å². The molecule has 460 valence electrons. The average Bonchev–Trinajstić information content (AvgIpc) is 3.47. The van der Waals surface area contributed by atoms with Crippen LogP contribution in [0.2, 0.25) is 0 Å². The highest BCUT2D eigenvalue weighted by molar-refractivity contribution is 5.71. The summed E-state index contributed by atoms with van der Waals surface area (Å²) >= 11 is 0. The van der Waals surface area contributed by atoms with Gasteiger partial charge in [-0.2, -0.15) is 0 Å².